The average Bonchev–Trinajstić information content (AvgIpc) is 2.72. The largest absolute Gasteiger partial charge is 0.481 e. The highest BCUT2D eigenvalue weighted by molar-refractivity contribution is 6.30. The molecule has 3 rings (SSSR count). The number of hydrogen-bond acceptors (Lipinski definition) is 5. The molecule has 1 heterocycles. The van der Waals surface area contributed by atoms with Crippen LogP contribution in [0.1, 0.15) is 60.6 Å². The standard InChI is InChI=1S/C25H30ClNO6/c1-15-10-16(2)24(32-14-23(30)31)19(11-15)21-13-25(3,27-22(29)8-9-28)12-20(33-21)17-4-6-18(26)7-5-17/h4-7,10-11,20-21,28H,8-9,12-14H2,1-3H3,(H,27,29)(H,30,31)/t20-,21+,25+/m0/s1. The number of halogens is 1. The molecule has 8 heteroatoms. The van der Waals surface area contributed by atoms with Crippen LogP contribution < -0.4 is 10.1 Å². The lowest BCUT2D eigenvalue weighted by atomic mass is 9.80. The number of aliphatic hydroxyl groups is 1. The summed E-state index contributed by atoms with van der Waals surface area (Å²) in [6, 6.07) is 11.3. The quantitative estimate of drug-likeness (QED) is 0.526. The maximum Gasteiger partial charge on any atom is 0.341 e. The van der Waals surface area contributed by atoms with Crippen LogP contribution in [0.4, 0.5) is 0 Å². The summed E-state index contributed by atoms with van der Waals surface area (Å²) in [7, 11) is 0. The number of carboxylic acid groups (broad SMARTS) is 1. The van der Waals surface area contributed by atoms with Crippen molar-refractivity contribution in [1.29, 1.82) is 0 Å². The van der Waals surface area contributed by atoms with E-state index in [-0.39, 0.29) is 25.0 Å². The van der Waals surface area contributed by atoms with E-state index >= 15 is 0 Å². The molecule has 0 aromatic heterocycles. The van der Waals surface area contributed by atoms with Gasteiger partial charge in [0.2, 0.25) is 5.91 Å². The Hall–Kier alpha value is -2.61. The van der Waals surface area contributed by atoms with Gasteiger partial charge >= 0.3 is 5.97 Å². The van der Waals surface area contributed by atoms with Gasteiger partial charge in [0.15, 0.2) is 6.61 Å². The lowest BCUT2D eigenvalue weighted by Gasteiger charge is -2.43. The third-order valence-electron chi connectivity index (χ3n) is 5.76. The van der Waals surface area contributed by atoms with Gasteiger partial charge in [0, 0.05) is 35.4 Å². The number of hydrogen-bond donors (Lipinski definition) is 3. The molecule has 1 amide bonds. The summed E-state index contributed by atoms with van der Waals surface area (Å²) in [5, 5.41) is 22.0. The molecule has 0 saturated carbocycles. The van der Waals surface area contributed by atoms with Crippen LogP contribution in [0.3, 0.4) is 0 Å². The van der Waals surface area contributed by atoms with Crippen molar-refractivity contribution in [2.45, 2.75) is 57.8 Å². The zero-order valence-corrected chi connectivity index (χ0v) is 19.8. The van der Waals surface area contributed by atoms with Gasteiger partial charge in [-0.05, 0) is 50.1 Å². The number of carboxylic acids is 1. The fraction of sp³-hybridized carbons (Fsp3) is 0.440. The molecule has 0 unspecified atom stereocenters. The van der Waals surface area contributed by atoms with Gasteiger partial charge < -0.3 is 25.0 Å². The van der Waals surface area contributed by atoms with Crippen molar-refractivity contribution in [3.63, 3.8) is 0 Å². The number of carbonyl (C=O) groups excluding carboxylic acids is 1. The van der Waals surface area contributed by atoms with E-state index in [0.29, 0.717) is 23.6 Å². The predicted molar refractivity (Wildman–Crippen MR) is 125 cm³/mol. The molecule has 3 N–H and O–H groups in total. The molecule has 1 aliphatic heterocycles. The molecule has 2 aromatic carbocycles. The van der Waals surface area contributed by atoms with E-state index in [4.69, 9.17) is 26.2 Å². The monoisotopic (exact) mass is 475 g/mol. The minimum atomic E-state index is -1.06. The Balaban J connectivity index is 2.01. The van der Waals surface area contributed by atoms with Crippen LogP contribution in [0.5, 0.6) is 5.75 Å². The number of ether oxygens (including phenoxy) is 2. The Morgan fingerprint density at radius 3 is 2.48 bits per heavy atom. The number of nitrogens with one attached hydrogen (secondary N) is 1. The fourth-order valence-electron chi connectivity index (χ4n) is 4.41. The van der Waals surface area contributed by atoms with E-state index in [9.17, 15) is 14.7 Å². The number of benzene rings is 2. The smallest absolute Gasteiger partial charge is 0.341 e. The van der Waals surface area contributed by atoms with Crippen molar-refractivity contribution in [1.82, 2.24) is 5.32 Å². The second-order valence-electron chi connectivity index (χ2n) is 8.84. The number of aryl methyl sites for hydroxylation is 2. The summed E-state index contributed by atoms with van der Waals surface area (Å²) in [4.78, 5) is 23.5. The number of aliphatic carboxylic acids is 1. The molecule has 1 aliphatic rings. The summed E-state index contributed by atoms with van der Waals surface area (Å²) in [5.41, 5.74) is 2.85. The molecule has 0 aliphatic carbocycles. The normalized spacial score (nSPS) is 22.6. The number of rotatable bonds is 8. The van der Waals surface area contributed by atoms with Gasteiger partial charge in [-0.15, -0.1) is 0 Å². The highest BCUT2D eigenvalue weighted by atomic mass is 35.5. The zero-order valence-electron chi connectivity index (χ0n) is 19.1. The molecule has 1 fully saturated rings. The molecule has 0 bridgehead atoms. The van der Waals surface area contributed by atoms with E-state index < -0.39 is 24.2 Å². The molecule has 0 radical (unpaired) electrons. The van der Waals surface area contributed by atoms with E-state index in [1.807, 2.05) is 45.0 Å². The van der Waals surface area contributed by atoms with E-state index in [1.54, 1.807) is 12.1 Å². The molecule has 33 heavy (non-hydrogen) atoms. The van der Waals surface area contributed by atoms with E-state index in [0.717, 1.165) is 22.3 Å². The van der Waals surface area contributed by atoms with Crippen molar-refractivity contribution in [2.75, 3.05) is 13.2 Å². The third-order valence-corrected chi connectivity index (χ3v) is 6.01. The van der Waals surface area contributed by atoms with Crippen LogP contribution in [-0.4, -0.2) is 40.8 Å². The van der Waals surface area contributed by atoms with Crippen LogP contribution in [0.25, 0.3) is 0 Å². The summed E-state index contributed by atoms with van der Waals surface area (Å²) in [5.74, 6) is -0.822. The van der Waals surface area contributed by atoms with Crippen LogP contribution >= 0.6 is 11.6 Å². The first-order valence-electron chi connectivity index (χ1n) is 10.9. The molecule has 2 aromatic rings. The molecule has 0 spiro atoms. The van der Waals surface area contributed by atoms with Crippen molar-refractivity contribution >= 4 is 23.5 Å². The SMILES string of the molecule is Cc1cc(C)c(OCC(=O)O)c([C@H]2C[C@](C)(NC(=O)CCO)C[C@@H](c3ccc(Cl)cc3)O2)c1. The second-order valence-corrected chi connectivity index (χ2v) is 9.27. The van der Waals surface area contributed by atoms with Crippen molar-refractivity contribution in [2.24, 2.45) is 0 Å². The topological polar surface area (TPSA) is 105 Å². The van der Waals surface area contributed by atoms with Gasteiger partial charge in [-0.25, -0.2) is 4.79 Å². The minimum Gasteiger partial charge on any atom is -0.481 e. The van der Waals surface area contributed by atoms with Gasteiger partial charge in [-0.2, -0.15) is 0 Å². The summed E-state index contributed by atoms with van der Waals surface area (Å²) in [6.45, 7) is 5.09. The third kappa shape index (κ3) is 6.47. The lowest BCUT2D eigenvalue weighted by Crippen LogP contribution is -2.51. The summed E-state index contributed by atoms with van der Waals surface area (Å²) < 4.78 is 12.2. The minimum absolute atomic E-state index is 0.0171. The predicted octanol–water partition coefficient (Wildman–Crippen LogP) is 4.27. The molecular formula is C25H30ClNO6. The first-order chi connectivity index (χ1) is 15.6. The highest BCUT2D eigenvalue weighted by Crippen LogP contribution is 2.46. The maximum atomic E-state index is 12.4. The number of carbonyl (C=O) groups is 2. The second kappa shape index (κ2) is 10.5. The van der Waals surface area contributed by atoms with Crippen LogP contribution in [0, 0.1) is 13.8 Å². The van der Waals surface area contributed by atoms with Gasteiger partial charge in [-0.3, -0.25) is 4.79 Å². The average molecular weight is 476 g/mol. The van der Waals surface area contributed by atoms with Crippen LogP contribution in [0.15, 0.2) is 36.4 Å². The molecule has 7 nitrogen and oxygen atoms in total. The Labute approximate surface area is 198 Å². The molecule has 178 valence electrons. The Morgan fingerprint density at radius 1 is 1.18 bits per heavy atom. The maximum absolute atomic E-state index is 12.4. The van der Waals surface area contributed by atoms with Crippen molar-refractivity contribution in [3.8, 4) is 5.75 Å². The summed E-state index contributed by atoms with van der Waals surface area (Å²) in [6.07, 6.45) is 0.206. The van der Waals surface area contributed by atoms with E-state index in [1.165, 1.54) is 0 Å². The van der Waals surface area contributed by atoms with E-state index in [2.05, 4.69) is 5.32 Å². The molecule has 1 saturated heterocycles. The fourth-order valence-corrected chi connectivity index (χ4v) is 4.54. The van der Waals surface area contributed by atoms with Gasteiger partial charge in [0.25, 0.3) is 0 Å². The highest BCUT2D eigenvalue weighted by Gasteiger charge is 2.41. The van der Waals surface area contributed by atoms with Crippen molar-refractivity contribution < 1.29 is 29.3 Å². The van der Waals surface area contributed by atoms with Gasteiger partial charge in [0.05, 0.1) is 18.8 Å². The number of amides is 1. The number of aliphatic hydroxyl groups excluding tert-OH is 1. The van der Waals surface area contributed by atoms with Crippen molar-refractivity contribution in [3.05, 3.63) is 63.7 Å². The first-order valence-corrected chi connectivity index (χ1v) is 11.3. The Morgan fingerprint density at radius 2 is 1.85 bits per heavy atom. The summed E-state index contributed by atoms with van der Waals surface area (Å²) >= 11 is 6.06. The Bertz CT molecular complexity index is 1010. The first kappa shape index (κ1) is 25.0. The molecule has 3 atom stereocenters. The van der Waals surface area contributed by atoms with Crippen LogP contribution in [0.2, 0.25) is 5.02 Å². The lowest BCUT2D eigenvalue weighted by molar-refractivity contribution is -0.139. The molecular weight excluding hydrogens is 446 g/mol. The zero-order chi connectivity index (χ0) is 24.2. The van der Waals surface area contributed by atoms with Gasteiger partial charge in [0.1, 0.15) is 5.75 Å². The van der Waals surface area contributed by atoms with Crippen LogP contribution in [-0.2, 0) is 14.3 Å². The Kier molecular flexibility index (Phi) is 8.00. The van der Waals surface area contributed by atoms with Gasteiger partial charge in [-0.1, -0.05) is 35.4 Å².